The zero-order valence-corrected chi connectivity index (χ0v) is 14.7. The van der Waals surface area contributed by atoms with Crippen molar-refractivity contribution in [2.45, 2.75) is 63.5 Å². The summed E-state index contributed by atoms with van der Waals surface area (Å²) in [5, 5.41) is 3.72. The Morgan fingerprint density at radius 2 is 1.88 bits per heavy atom. The van der Waals surface area contributed by atoms with Crippen LogP contribution in [0, 0.1) is 0 Å². The van der Waals surface area contributed by atoms with E-state index in [4.69, 9.17) is 0 Å². The molecule has 1 aliphatic heterocycles. The molecule has 0 saturated carbocycles. The van der Waals surface area contributed by atoms with Gasteiger partial charge in [0.1, 0.15) is 0 Å². The van der Waals surface area contributed by atoms with Gasteiger partial charge in [-0.25, -0.2) is 0 Å². The van der Waals surface area contributed by atoms with Crippen molar-refractivity contribution >= 4 is 0 Å². The second-order valence-corrected chi connectivity index (χ2v) is 7.57. The highest BCUT2D eigenvalue weighted by atomic mass is 15.2. The Morgan fingerprint density at radius 1 is 1.04 bits per heavy atom. The van der Waals surface area contributed by atoms with Crippen molar-refractivity contribution in [2.24, 2.45) is 0 Å². The van der Waals surface area contributed by atoms with Gasteiger partial charge in [-0.3, -0.25) is 0 Å². The molecule has 2 heteroatoms. The third kappa shape index (κ3) is 3.59. The van der Waals surface area contributed by atoms with E-state index in [1.807, 2.05) is 0 Å². The van der Waals surface area contributed by atoms with Gasteiger partial charge in [-0.2, -0.15) is 0 Å². The minimum Gasteiger partial charge on any atom is -0.368 e. The van der Waals surface area contributed by atoms with Crippen molar-refractivity contribution < 1.29 is 0 Å². The van der Waals surface area contributed by atoms with Crippen LogP contribution in [0.2, 0.25) is 0 Å². The van der Waals surface area contributed by atoms with E-state index in [0.29, 0.717) is 6.04 Å². The zero-order chi connectivity index (χ0) is 16.2. The lowest BCUT2D eigenvalue weighted by molar-refractivity contribution is 0.240. The van der Waals surface area contributed by atoms with Gasteiger partial charge in [0.15, 0.2) is 0 Å². The van der Waals surface area contributed by atoms with Crippen molar-refractivity contribution in [3.63, 3.8) is 0 Å². The van der Waals surface area contributed by atoms with Crippen LogP contribution >= 0.6 is 0 Å². The van der Waals surface area contributed by atoms with Gasteiger partial charge < -0.3 is 10.2 Å². The molecule has 0 bridgehead atoms. The highest BCUT2D eigenvalue weighted by Gasteiger charge is 2.28. The summed E-state index contributed by atoms with van der Waals surface area (Å²) in [5.41, 5.74) is 4.59. The van der Waals surface area contributed by atoms with Crippen LogP contribution in [0.3, 0.4) is 0 Å². The SMILES string of the molecule is C1=CC(N(CC[C@@H]2CCCCN2)C2Cc3ccccc3C2)=CCC1. The summed E-state index contributed by atoms with van der Waals surface area (Å²) in [7, 11) is 0. The smallest absolute Gasteiger partial charge is 0.0370 e. The van der Waals surface area contributed by atoms with Gasteiger partial charge in [-0.05, 0) is 68.7 Å². The van der Waals surface area contributed by atoms with Crippen LogP contribution in [0.5, 0.6) is 0 Å². The highest BCUT2D eigenvalue weighted by Crippen LogP contribution is 2.29. The molecule has 1 heterocycles. The van der Waals surface area contributed by atoms with Crippen LogP contribution in [-0.4, -0.2) is 30.1 Å². The largest absolute Gasteiger partial charge is 0.368 e. The summed E-state index contributed by atoms with van der Waals surface area (Å²) in [6.07, 6.45) is 17.4. The molecule has 1 atom stereocenters. The Bertz CT molecular complexity index is 585. The fraction of sp³-hybridized carbons (Fsp3) is 0.545. The molecule has 0 radical (unpaired) electrons. The molecule has 24 heavy (non-hydrogen) atoms. The van der Waals surface area contributed by atoms with E-state index in [2.05, 4.69) is 52.7 Å². The maximum atomic E-state index is 3.72. The maximum Gasteiger partial charge on any atom is 0.0370 e. The number of rotatable bonds is 5. The number of nitrogens with one attached hydrogen (secondary N) is 1. The normalized spacial score (nSPS) is 23.8. The van der Waals surface area contributed by atoms with E-state index in [0.717, 1.165) is 6.04 Å². The quantitative estimate of drug-likeness (QED) is 0.873. The van der Waals surface area contributed by atoms with Gasteiger partial charge in [-0.1, -0.05) is 42.8 Å². The van der Waals surface area contributed by atoms with Gasteiger partial charge >= 0.3 is 0 Å². The lowest BCUT2D eigenvalue weighted by Crippen LogP contribution is -2.41. The molecule has 3 aliphatic rings. The number of fused-ring (bicyclic) bond motifs is 1. The molecule has 2 aliphatic carbocycles. The predicted octanol–water partition coefficient (Wildman–Crippen LogP) is 4.22. The molecule has 4 rings (SSSR count). The van der Waals surface area contributed by atoms with Crippen LogP contribution in [-0.2, 0) is 12.8 Å². The van der Waals surface area contributed by atoms with E-state index >= 15 is 0 Å². The summed E-state index contributed by atoms with van der Waals surface area (Å²) in [5.74, 6) is 0. The number of hydrogen-bond acceptors (Lipinski definition) is 2. The summed E-state index contributed by atoms with van der Waals surface area (Å²) in [4.78, 5) is 2.71. The molecular weight excluding hydrogens is 292 g/mol. The van der Waals surface area contributed by atoms with Crippen LogP contribution in [0.25, 0.3) is 0 Å². The summed E-state index contributed by atoms with van der Waals surface area (Å²) < 4.78 is 0. The molecule has 0 unspecified atom stereocenters. The van der Waals surface area contributed by atoms with E-state index in [1.165, 1.54) is 70.2 Å². The monoisotopic (exact) mass is 322 g/mol. The summed E-state index contributed by atoms with van der Waals surface area (Å²) in [6, 6.07) is 10.4. The molecule has 1 aromatic carbocycles. The molecule has 1 N–H and O–H groups in total. The Kier molecular flexibility index (Phi) is 5.03. The lowest BCUT2D eigenvalue weighted by atomic mass is 10.0. The van der Waals surface area contributed by atoms with E-state index in [-0.39, 0.29) is 0 Å². The summed E-state index contributed by atoms with van der Waals surface area (Å²) in [6.45, 7) is 2.40. The minimum atomic E-state index is 0.639. The topological polar surface area (TPSA) is 15.3 Å². The van der Waals surface area contributed by atoms with Crippen LogP contribution < -0.4 is 5.32 Å². The summed E-state index contributed by atoms with van der Waals surface area (Å²) >= 11 is 0. The standard InChI is InChI=1S/C22H30N2/c1-2-11-21(12-3-1)24(15-13-20-10-6-7-14-23-20)22-16-18-8-4-5-9-19(18)17-22/h2,4-5,8-9,11-12,20,22-23H,1,3,6-7,10,13-17H2/t20-/m0/s1. The molecule has 128 valence electrons. The fourth-order valence-electron chi connectivity index (χ4n) is 4.56. The van der Waals surface area contributed by atoms with E-state index in [9.17, 15) is 0 Å². The van der Waals surface area contributed by atoms with Crippen LogP contribution in [0.1, 0.15) is 49.7 Å². The third-order valence-corrected chi connectivity index (χ3v) is 5.91. The van der Waals surface area contributed by atoms with Gasteiger partial charge in [0.25, 0.3) is 0 Å². The van der Waals surface area contributed by atoms with Gasteiger partial charge in [0.2, 0.25) is 0 Å². The first-order chi connectivity index (χ1) is 11.9. The minimum absolute atomic E-state index is 0.639. The molecule has 0 aromatic heterocycles. The first-order valence-corrected chi connectivity index (χ1v) is 9.83. The number of allylic oxidation sites excluding steroid dienone is 3. The lowest BCUT2D eigenvalue weighted by Gasteiger charge is -2.35. The Balaban J connectivity index is 1.46. The fourth-order valence-corrected chi connectivity index (χ4v) is 4.56. The Labute approximate surface area is 146 Å². The molecule has 1 aromatic rings. The van der Waals surface area contributed by atoms with Gasteiger partial charge in [0.05, 0.1) is 0 Å². The maximum absolute atomic E-state index is 3.72. The van der Waals surface area contributed by atoms with Crippen molar-refractivity contribution in [1.29, 1.82) is 0 Å². The molecule has 0 amide bonds. The average Bonchev–Trinajstić information content (AvgIpc) is 3.07. The number of nitrogens with zero attached hydrogens (tertiary/aromatic N) is 1. The van der Waals surface area contributed by atoms with E-state index in [1.54, 1.807) is 11.1 Å². The first kappa shape index (κ1) is 16.0. The molecule has 2 nitrogen and oxygen atoms in total. The second-order valence-electron chi connectivity index (χ2n) is 7.57. The Morgan fingerprint density at radius 3 is 2.54 bits per heavy atom. The number of piperidine rings is 1. The van der Waals surface area contributed by atoms with Crippen molar-refractivity contribution in [1.82, 2.24) is 10.2 Å². The molecule has 1 saturated heterocycles. The molecular formula is C22H30N2. The zero-order valence-electron chi connectivity index (χ0n) is 14.7. The van der Waals surface area contributed by atoms with Gasteiger partial charge in [0, 0.05) is 24.3 Å². The number of benzene rings is 1. The third-order valence-electron chi connectivity index (χ3n) is 5.91. The Hall–Kier alpha value is -1.54. The number of hydrogen-bond donors (Lipinski definition) is 1. The molecule has 0 spiro atoms. The van der Waals surface area contributed by atoms with Crippen molar-refractivity contribution in [2.75, 3.05) is 13.1 Å². The van der Waals surface area contributed by atoms with Crippen LogP contribution in [0.4, 0.5) is 0 Å². The molecule has 1 fully saturated rings. The highest BCUT2D eigenvalue weighted by molar-refractivity contribution is 5.35. The second kappa shape index (κ2) is 7.57. The van der Waals surface area contributed by atoms with Gasteiger partial charge in [-0.15, -0.1) is 0 Å². The van der Waals surface area contributed by atoms with E-state index < -0.39 is 0 Å². The average molecular weight is 322 g/mol. The van der Waals surface area contributed by atoms with Crippen molar-refractivity contribution in [3.05, 3.63) is 59.3 Å². The van der Waals surface area contributed by atoms with Crippen molar-refractivity contribution in [3.8, 4) is 0 Å². The predicted molar refractivity (Wildman–Crippen MR) is 101 cm³/mol. The first-order valence-electron chi connectivity index (χ1n) is 9.83. The van der Waals surface area contributed by atoms with Crippen LogP contribution in [0.15, 0.2) is 48.2 Å².